The lowest BCUT2D eigenvalue weighted by Gasteiger charge is -2.31. The number of rotatable bonds is 3. The number of benzene rings is 2. The maximum atomic E-state index is 16.4. The molecule has 0 saturated carbocycles. The molecular weight excluding hydrogens is 347 g/mol. The number of hydrogen-bond donors (Lipinski definition) is 1. The number of carbonyl (C=O) groups is 2. The molecule has 2 atom stereocenters. The maximum Gasteiger partial charge on any atom is 0.408 e. The molecule has 2 aromatic rings. The van der Waals surface area contributed by atoms with E-state index in [-0.39, 0.29) is 5.56 Å². The summed E-state index contributed by atoms with van der Waals surface area (Å²) in [5.41, 5.74) is -2.00. The van der Waals surface area contributed by atoms with Crippen LogP contribution in [0, 0.1) is 0 Å². The fourth-order valence-electron chi connectivity index (χ4n) is 3.30. The number of likely N-dealkylation sites (N-methyl/N-ethyl adjacent to an activating group) is 1. The predicted molar refractivity (Wildman–Crippen MR) is 101 cm³/mol. The second-order valence-corrected chi connectivity index (χ2v) is 7.58. The summed E-state index contributed by atoms with van der Waals surface area (Å²) in [6, 6.07) is 14.1. The van der Waals surface area contributed by atoms with E-state index in [0.717, 1.165) is 0 Å². The lowest BCUT2D eigenvalue weighted by atomic mass is 9.85. The molecule has 2 aromatic carbocycles. The van der Waals surface area contributed by atoms with E-state index in [4.69, 9.17) is 4.74 Å². The number of amides is 2. The molecule has 27 heavy (non-hydrogen) atoms. The van der Waals surface area contributed by atoms with E-state index in [0.29, 0.717) is 11.3 Å². The highest BCUT2D eigenvalue weighted by atomic mass is 19.1. The average Bonchev–Trinajstić information content (AvgIpc) is 2.82. The number of nitrogens with zero attached hydrogens (tertiary/aromatic N) is 1. The van der Waals surface area contributed by atoms with Crippen molar-refractivity contribution >= 4 is 17.7 Å². The molecular formula is C21H23FN2O3. The molecule has 2 amide bonds. The summed E-state index contributed by atoms with van der Waals surface area (Å²) in [5.74, 6) is -0.728. The second kappa shape index (κ2) is 6.68. The summed E-state index contributed by atoms with van der Waals surface area (Å²) in [7, 11) is 1.53. The van der Waals surface area contributed by atoms with Crippen LogP contribution in [-0.4, -0.2) is 24.6 Å². The molecule has 0 spiro atoms. The zero-order chi connectivity index (χ0) is 19.8. The number of alkyl carbamates (subject to hydrolysis) is 1. The Morgan fingerprint density at radius 1 is 1.11 bits per heavy atom. The van der Waals surface area contributed by atoms with Gasteiger partial charge in [-0.25, -0.2) is 9.18 Å². The summed E-state index contributed by atoms with van der Waals surface area (Å²) in [6.45, 7) is 5.16. The van der Waals surface area contributed by atoms with Crippen LogP contribution >= 0.6 is 0 Å². The maximum absolute atomic E-state index is 16.4. The van der Waals surface area contributed by atoms with Crippen LogP contribution in [-0.2, 0) is 15.2 Å². The first-order chi connectivity index (χ1) is 12.6. The lowest BCUT2D eigenvalue weighted by Crippen LogP contribution is -2.48. The SMILES string of the molecule is CN1C(=O)[C@@](F)(C(NC(=O)OC(C)(C)C)c2ccccc2)c2ccccc21. The zero-order valence-electron chi connectivity index (χ0n) is 15.8. The van der Waals surface area contributed by atoms with E-state index in [9.17, 15) is 9.59 Å². The fraction of sp³-hybridized carbons (Fsp3) is 0.333. The van der Waals surface area contributed by atoms with E-state index in [1.807, 2.05) is 0 Å². The molecule has 1 aliphatic heterocycles. The van der Waals surface area contributed by atoms with Gasteiger partial charge in [0.1, 0.15) is 11.6 Å². The van der Waals surface area contributed by atoms with E-state index < -0.39 is 29.3 Å². The van der Waals surface area contributed by atoms with Crippen molar-refractivity contribution in [2.24, 2.45) is 0 Å². The van der Waals surface area contributed by atoms with Gasteiger partial charge in [-0.2, -0.15) is 0 Å². The molecule has 142 valence electrons. The minimum atomic E-state index is -2.44. The number of para-hydroxylation sites is 1. The summed E-state index contributed by atoms with van der Waals surface area (Å²) in [5, 5.41) is 2.58. The van der Waals surface area contributed by atoms with Crippen LogP contribution in [0.1, 0.15) is 37.9 Å². The van der Waals surface area contributed by atoms with E-state index in [1.165, 1.54) is 11.9 Å². The third-order valence-corrected chi connectivity index (χ3v) is 4.47. The van der Waals surface area contributed by atoms with Crippen LogP contribution in [0.15, 0.2) is 54.6 Å². The highest BCUT2D eigenvalue weighted by Crippen LogP contribution is 2.49. The minimum absolute atomic E-state index is 0.224. The molecule has 0 saturated heterocycles. The monoisotopic (exact) mass is 370 g/mol. The number of fused-ring (bicyclic) bond motifs is 1. The summed E-state index contributed by atoms with van der Waals surface area (Å²) in [6.07, 6.45) is -0.784. The van der Waals surface area contributed by atoms with Gasteiger partial charge in [-0.15, -0.1) is 0 Å². The van der Waals surface area contributed by atoms with Crippen LogP contribution in [0.4, 0.5) is 14.9 Å². The Hall–Kier alpha value is -2.89. The summed E-state index contributed by atoms with van der Waals surface area (Å²) >= 11 is 0. The molecule has 1 aliphatic rings. The number of hydrogen-bond acceptors (Lipinski definition) is 3. The summed E-state index contributed by atoms with van der Waals surface area (Å²) in [4.78, 5) is 26.6. The topological polar surface area (TPSA) is 58.6 Å². The van der Waals surface area contributed by atoms with Crippen LogP contribution < -0.4 is 10.2 Å². The van der Waals surface area contributed by atoms with Crippen LogP contribution in [0.2, 0.25) is 0 Å². The molecule has 5 nitrogen and oxygen atoms in total. The van der Waals surface area contributed by atoms with Gasteiger partial charge in [0.15, 0.2) is 0 Å². The highest BCUT2D eigenvalue weighted by Gasteiger charge is 2.57. The van der Waals surface area contributed by atoms with Gasteiger partial charge in [-0.3, -0.25) is 4.79 Å². The molecule has 0 aromatic heterocycles. The Morgan fingerprint density at radius 2 is 1.70 bits per heavy atom. The molecule has 6 heteroatoms. The Kier molecular flexibility index (Phi) is 4.68. The van der Waals surface area contributed by atoms with Crippen LogP contribution in [0.25, 0.3) is 0 Å². The normalized spacial score (nSPS) is 20.2. The van der Waals surface area contributed by atoms with Crippen molar-refractivity contribution in [3.8, 4) is 0 Å². The number of alkyl halides is 1. The molecule has 0 aliphatic carbocycles. The second-order valence-electron chi connectivity index (χ2n) is 7.58. The molecule has 0 fully saturated rings. The summed E-state index contributed by atoms with van der Waals surface area (Å²) < 4.78 is 21.7. The molecule has 3 rings (SSSR count). The number of carbonyl (C=O) groups excluding carboxylic acids is 2. The van der Waals surface area contributed by atoms with Crippen molar-refractivity contribution in [2.75, 3.05) is 11.9 Å². The zero-order valence-corrected chi connectivity index (χ0v) is 15.8. The van der Waals surface area contributed by atoms with Crippen molar-refractivity contribution in [2.45, 2.75) is 38.1 Å². The first kappa shape index (κ1) is 18.9. The van der Waals surface area contributed by atoms with Gasteiger partial charge < -0.3 is 15.0 Å². The Morgan fingerprint density at radius 3 is 2.33 bits per heavy atom. The van der Waals surface area contributed by atoms with E-state index >= 15 is 4.39 Å². The Balaban J connectivity index is 2.08. The first-order valence-corrected chi connectivity index (χ1v) is 8.75. The third kappa shape index (κ3) is 3.39. The van der Waals surface area contributed by atoms with Crippen LogP contribution in [0.5, 0.6) is 0 Å². The van der Waals surface area contributed by atoms with Crippen molar-refractivity contribution in [1.29, 1.82) is 0 Å². The molecule has 1 heterocycles. The fourth-order valence-corrected chi connectivity index (χ4v) is 3.30. The van der Waals surface area contributed by atoms with Gasteiger partial charge in [0.05, 0.1) is 5.69 Å². The number of anilines is 1. The van der Waals surface area contributed by atoms with Gasteiger partial charge in [-0.05, 0) is 32.4 Å². The third-order valence-electron chi connectivity index (χ3n) is 4.47. The molecule has 0 radical (unpaired) electrons. The first-order valence-electron chi connectivity index (χ1n) is 8.75. The molecule has 1 N–H and O–H groups in total. The smallest absolute Gasteiger partial charge is 0.408 e. The average molecular weight is 370 g/mol. The Labute approximate surface area is 158 Å². The van der Waals surface area contributed by atoms with Crippen LogP contribution in [0.3, 0.4) is 0 Å². The van der Waals surface area contributed by atoms with E-state index in [1.54, 1.807) is 75.4 Å². The van der Waals surface area contributed by atoms with E-state index in [2.05, 4.69) is 5.32 Å². The van der Waals surface area contributed by atoms with Gasteiger partial charge in [0.25, 0.3) is 5.91 Å². The minimum Gasteiger partial charge on any atom is -0.444 e. The Bertz CT molecular complexity index is 863. The predicted octanol–water partition coefficient (Wildman–Crippen LogP) is 4.09. The van der Waals surface area contributed by atoms with Gasteiger partial charge >= 0.3 is 6.09 Å². The van der Waals surface area contributed by atoms with Gasteiger partial charge in [0, 0.05) is 12.6 Å². The van der Waals surface area contributed by atoms with Crippen molar-refractivity contribution in [1.82, 2.24) is 5.32 Å². The van der Waals surface area contributed by atoms with Gasteiger partial charge in [-0.1, -0.05) is 48.5 Å². The van der Waals surface area contributed by atoms with Gasteiger partial charge in [0.2, 0.25) is 5.67 Å². The number of ether oxygens (including phenoxy) is 1. The highest BCUT2D eigenvalue weighted by molar-refractivity contribution is 6.07. The molecule has 0 bridgehead atoms. The number of halogens is 1. The standard InChI is InChI=1S/C21H23FN2O3/c1-20(2,3)27-19(26)23-17(14-10-6-5-7-11-14)21(22)15-12-8-9-13-16(15)24(4)18(21)25/h5-13,17H,1-4H3,(H,23,26)/t17?,21-/m0/s1. The van der Waals surface area contributed by atoms with Crippen molar-refractivity contribution in [3.63, 3.8) is 0 Å². The van der Waals surface area contributed by atoms with Crippen molar-refractivity contribution < 1.29 is 18.7 Å². The van der Waals surface area contributed by atoms with Crippen molar-refractivity contribution in [3.05, 3.63) is 65.7 Å². The quantitative estimate of drug-likeness (QED) is 0.885. The molecule has 1 unspecified atom stereocenters. The number of nitrogens with one attached hydrogen (secondary N) is 1. The lowest BCUT2D eigenvalue weighted by molar-refractivity contribution is -0.131. The largest absolute Gasteiger partial charge is 0.444 e.